The lowest BCUT2D eigenvalue weighted by molar-refractivity contribution is -0.128. The number of benzene rings is 1. The molecule has 0 saturated heterocycles. The van der Waals surface area contributed by atoms with Gasteiger partial charge in [0, 0.05) is 30.6 Å². The molecule has 5 nitrogen and oxygen atoms in total. The Kier molecular flexibility index (Phi) is 7.42. The van der Waals surface area contributed by atoms with Gasteiger partial charge in [-0.25, -0.2) is 0 Å². The molecule has 1 aliphatic carbocycles. The van der Waals surface area contributed by atoms with Gasteiger partial charge in [0.15, 0.2) is 0 Å². The lowest BCUT2D eigenvalue weighted by Gasteiger charge is -2.27. The van der Waals surface area contributed by atoms with Crippen LogP contribution in [-0.2, 0) is 15.0 Å². The van der Waals surface area contributed by atoms with Crippen LogP contribution >= 0.6 is 0 Å². The molecule has 150 valence electrons. The molecule has 5 heteroatoms. The van der Waals surface area contributed by atoms with E-state index in [-0.39, 0.29) is 29.1 Å². The fourth-order valence-electron chi connectivity index (χ4n) is 3.46. The Bertz CT molecular complexity index is 624. The summed E-state index contributed by atoms with van der Waals surface area (Å²) < 4.78 is 0. The van der Waals surface area contributed by atoms with E-state index in [9.17, 15) is 9.59 Å². The average Bonchev–Trinajstić information content (AvgIpc) is 2.61. The first-order valence-electron chi connectivity index (χ1n) is 10.0. The molecule has 0 bridgehead atoms. The van der Waals surface area contributed by atoms with E-state index in [1.165, 1.54) is 5.56 Å². The summed E-state index contributed by atoms with van der Waals surface area (Å²) >= 11 is 0. The van der Waals surface area contributed by atoms with Crippen molar-refractivity contribution in [1.82, 2.24) is 10.2 Å². The topological polar surface area (TPSA) is 61.4 Å². The molecule has 2 amide bonds. The predicted molar refractivity (Wildman–Crippen MR) is 111 cm³/mol. The van der Waals surface area contributed by atoms with E-state index in [0.717, 1.165) is 37.9 Å². The lowest BCUT2D eigenvalue weighted by Crippen LogP contribution is -2.38. The van der Waals surface area contributed by atoms with Crippen LogP contribution in [0.3, 0.4) is 0 Å². The zero-order valence-corrected chi connectivity index (χ0v) is 17.5. The van der Waals surface area contributed by atoms with Crippen LogP contribution in [0, 0.1) is 11.8 Å². The summed E-state index contributed by atoms with van der Waals surface area (Å²) in [5.41, 5.74) is 2.20. The molecule has 1 aliphatic rings. The quantitative estimate of drug-likeness (QED) is 0.803. The molecule has 27 heavy (non-hydrogen) atoms. The number of rotatable bonds is 6. The number of hydrogen-bond donors (Lipinski definition) is 2. The van der Waals surface area contributed by atoms with E-state index in [2.05, 4.69) is 48.4 Å². The molecule has 0 aliphatic heterocycles. The average molecular weight is 374 g/mol. The summed E-state index contributed by atoms with van der Waals surface area (Å²) in [6.07, 6.45) is 3.12. The molecular formula is C22H35N3O2. The van der Waals surface area contributed by atoms with Crippen LogP contribution in [-0.4, -0.2) is 43.9 Å². The van der Waals surface area contributed by atoms with Crippen molar-refractivity contribution in [3.05, 3.63) is 29.8 Å². The minimum absolute atomic E-state index is 0.00174. The van der Waals surface area contributed by atoms with Crippen LogP contribution in [0.25, 0.3) is 0 Å². The second kappa shape index (κ2) is 9.36. The second-order valence-corrected chi connectivity index (χ2v) is 8.96. The van der Waals surface area contributed by atoms with Crippen LogP contribution in [0.2, 0.25) is 0 Å². The summed E-state index contributed by atoms with van der Waals surface area (Å²) in [6, 6.07) is 8.10. The highest BCUT2D eigenvalue weighted by Crippen LogP contribution is 2.30. The van der Waals surface area contributed by atoms with Gasteiger partial charge < -0.3 is 15.5 Å². The fraction of sp³-hybridized carbons (Fsp3) is 0.636. The summed E-state index contributed by atoms with van der Waals surface area (Å²) in [4.78, 5) is 26.8. The smallest absolute Gasteiger partial charge is 0.227 e. The third-order valence-electron chi connectivity index (χ3n) is 5.35. The minimum Gasteiger partial charge on any atom is -0.355 e. The molecule has 2 rings (SSSR count). The van der Waals surface area contributed by atoms with Gasteiger partial charge in [0.2, 0.25) is 11.8 Å². The Labute approximate surface area is 163 Å². The zero-order valence-electron chi connectivity index (χ0n) is 17.5. The van der Waals surface area contributed by atoms with Gasteiger partial charge in [-0.2, -0.15) is 0 Å². The van der Waals surface area contributed by atoms with E-state index in [4.69, 9.17) is 0 Å². The van der Waals surface area contributed by atoms with Crippen LogP contribution in [0.4, 0.5) is 5.69 Å². The van der Waals surface area contributed by atoms with E-state index < -0.39 is 0 Å². The first-order chi connectivity index (χ1) is 12.7. The Hall–Kier alpha value is -1.88. The van der Waals surface area contributed by atoms with Gasteiger partial charge in [-0.3, -0.25) is 9.59 Å². The summed E-state index contributed by atoms with van der Waals surface area (Å²) in [6.45, 7) is 8.05. The normalized spacial score (nSPS) is 20.4. The molecule has 0 spiro atoms. The number of carbonyl (C=O) groups excluding carboxylic acids is 2. The fourth-order valence-corrected chi connectivity index (χ4v) is 3.46. The molecule has 1 aromatic carbocycles. The van der Waals surface area contributed by atoms with Crippen molar-refractivity contribution in [2.45, 2.75) is 51.9 Å². The number of likely N-dealkylation sites (N-methyl/N-ethyl adjacent to an activating group) is 1. The molecule has 0 heterocycles. The largest absolute Gasteiger partial charge is 0.355 e. The highest BCUT2D eigenvalue weighted by molar-refractivity contribution is 5.92. The van der Waals surface area contributed by atoms with Crippen molar-refractivity contribution in [2.24, 2.45) is 11.8 Å². The maximum Gasteiger partial charge on any atom is 0.227 e. The van der Waals surface area contributed by atoms with Crippen molar-refractivity contribution in [2.75, 3.05) is 32.5 Å². The third-order valence-corrected chi connectivity index (χ3v) is 5.35. The number of nitrogens with one attached hydrogen (secondary N) is 2. The van der Waals surface area contributed by atoms with Crippen molar-refractivity contribution in [1.29, 1.82) is 0 Å². The van der Waals surface area contributed by atoms with Gasteiger partial charge in [-0.1, -0.05) is 32.9 Å². The molecule has 2 N–H and O–H groups in total. The Balaban J connectivity index is 1.78. The highest BCUT2D eigenvalue weighted by Gasteiger charge is 2.29. The number of carbonyl (C=O) groups is 2. The van der Waals surface area contributed by atoms with Gasteiger partial charge in [-0.15, -0.1) is 0 Å². The zero-order chi connectivity index (χ0) is 20.0. The van der Waals surface area contributed by atoms with E-state index in [1.807, 2.05) is 26.2 Å². The second-order valence-electron chi connectivity index (χ2n) is 8.96. The lowest BCUT2D eigenvalue weighted by atomic mass is 9.81. The van der Waals surface area contributed by atoms with E-state index >= 15 is 0 Å². The maximum atomic E-state index is 12.6. The van der Waals surface area contributed by atoms with Crippen LogP contribution in [0.1, 0.15) is 52.0 Å². The van der Waals surface area contributed by atoms with Crippen molar-refractivity contribution >= 4 is 17.5 Å². The van der Waals surface area contributed by atoms with Crippen molar-refractivity contribution in [3.63, 3.8) is 0 Å². The molecule has 1 aromatic rings. The van der Waals surface area contributed by atoms with Gasteiger partial charge in [0.1, 0.15) is 0 Å². The third kappa shape index (κ3) is 6.65. The maximum absolute atomic E-state index is 12.6. The highest BCUT2D eigenvalue weighted by atomic mass is 16.2. The number of nitrogens with zero attached hydrogens (tertiary/aromatic N) is 1. The van der Waals surface area contributed by atoms with Gasteiger partial charge >= 0.3 is 0 Å². The van der Waals surface area contributed by atoms with Crippen LogP contribution in [0.5, 0.6) is 0 Å². The number of amides is 2. The summed E-state index contributed by atoms with van der Waals surface area (Å²) in [5.74, 6) is 0.249. The molecule has 0 radical (unpaired) electrons. The van der Waals surface area contributed by atoms with Gasteiger partial charge in [0.25, 0.3) is 0 Å². The van der Waals surface area contributed by atoms with Gasteiger partial charge in [0.05, 0.1) is 0 Å². The molecule has 1 saturated carbocycles. The SMILES string of the molecule is CN(C)CCNC(=O)C1CCC(C(=O)Nc2ccc(C(C)(C)C)cc2)CC1. The van der Waals surface area contributed by atoms with E-state index in [0.29, 0.717) is 6.54 Å². The van der Waals surface area contributed by atoms with Crippen molar-refractivity contribution < 1.29 is 9.59 Å². The number of hydrogen-bond acceptors (Lipinski definition) is 3. The first kappa shape index (κ1) is 21.4. The van der Waals surface area contributed by atoms with Crippen LogP contribution < -0.4 is 10.6 Å². The number of anilines is 1. The molecule has 1 fully saturated rings. The van der Waals surface area contributed by atoms with Crippen LogP contribution in [0.15, 0.2) is 24.3 Å². The Morgan fingerprint density at radius 2 is 1.48 bits per heavy atom. The molecular weight excluding hydrogens is 338 g/mol. The summed E-state index contributed by atoms with van der Waals surface area (Å²) in [5, 5.41) is 6.04. The molecule has 0 atom stereocenters. The molecule has 0 aromatic heterocycles. The van der Waals surface area contributed by atoms with Gasteiger partial charge in [-0.05, 0) is 62.9 Å². The standard InChI is InChI=1S/C22H35N3O2/c1-22(2,3)18-10-12-19(13-11-18)24-21(27)17-8-6-16(7-9-17)20(26)23-14-15-25(4)5/h10-13,16-17H,6-9,14-15H2,1-5H3,(H,23,26)(H,24,27). The van der Waals surface area contributed by atoms with E-state index in [1.54, 1.807) is 0 Å². The van der Waals surface area contributed by atoms with Crippen molar-refractivity contribution in [3.8, 4) is 0 Å². The first-order valence-corrected chi connectivity index (χ1v) is 10.0. The Morgan fingerprint density at radius 1 is 0.963 bits per heavy atom. The minimum atomic E-state index is -0.00174. The predicted octanol–water partition coefficient (Wildman–Crippen LogP) is 3.41. The molecule has 0 unspecified atom stereocenters. The Morgan fingerprint density at radius 3 is 1.96 bits per heavy atom. The summed E-state index contributed by atoms with van der Waals surface area (Å²) in [7, 11) is 3.99. The monoisotopic (exact) mass is 373 g/mol.